The summed E-state index contributed by atoms with van der Waals surface area (Å²) in [4.78, 5) is 4.01. The van der Waals surface area contributed by atoms with Crippen molar-refractivity contribution in [1.29, 1.82) is 0 Å². The first kappa shape index (κ1) is 11.6. The second-order valence-corrected chi connectivity index (χ2v) is 4.91. The highest BCUT2D eigenvalue weighted by molar-refractivity contribution is 4.76. The van der Waals surface area contributed by atoms with Crippen molar-refractivity contribution in [1.82, 2.24) is 9.55 Å². The van der Waals surface area contributed by atoms with Crippen molar-refractivity contribution in [2.24, 2.45) is 5.92 Å². The quantitative estimate of drug-likeness (QED) is 0.831. The lowest BCUT2D eigenvalue weighted by molar-refractivity contribution is 0.0744. The van der Waals surface area contributed by atoms with E-state index in [4.69, 9.17) is 0 Å². The minimum Gasteiger partial charge on any atom is -0.393 e. The van der Waals surface area contributed by atoms with Crippen molar-refractivity contribution in [3.05, 3.63) is 18.7 Å². The van der Waals surface area contributed by atoms with Gasteiger partial charge in [-0.3, -0.25) is 0 Å². The molecule has 1 heterocycles. The van der Waals surface area contributed by atoms with Gasteiger partial charge < -0.3 is 9.67 Å². The Morgan fingerprint density at radius 1 is 1.31 bits per heavy atom. The SMILES string of the molecule is OC(CCCn1ccnc1)C1CCCCC1. The van der Waals surface area contributed by atoms with Crippen LogP contribution in [0.1, 0.15) is 44.9 Å². The van der Waals surface area contributed by atoms with E-state index in [9.17, 15) is 5.11 Å². The molecule has 16 heavy (non-hydrogen) atoms. The lowest BCUT2D eigenvalue weighted by Crippen LogP contribution is -2.23. The Kier molecular flexibility index (Phi) is 4.40. The first-order valence-corrected chi connectivity index (χ1v) is 6.50. The van der Waals surface area contributed by atoms with Crippen LogP contribution in [0.15, 0.2) is 18.7 Å². The van der Waals surface area contributed by atoms with Crippen LogP contribution < -0.4 is 0 Å². The molecule has 90 valence electrons. The zero-order valence-electron chi connectivity index (χ0n) is 9.89. The molecule has 1 aromatic heterocycles. The summed E-state index contributed by atoms with van der Waals surface area (Å²) in [7, 11) is 0. The molecule has 1 aliphatic rings. The molecule has 0 aliphatic heterocycles. The third-order valence-corrected chi connectivity index (χ3v) is 3.67. The van der Waals surface area contributed by atoms with Crippen LogP contribution in [-0.2, 0) is 6.54 Å². The second kappa shape index (κ2) is 6.04. The maximum absolute atomic E-state index is 10.1. The van der Waals surface area contributed by atoms with E-state index in [0.29, 0.717) is 5.92 Å². The van der Waals surface area contributed by atoms with Crippen molar-refractivity contribution in [2.75, 3.05) is 0 Å². The standard InChI is InChI=1S/C13H22N2O/c16-13(12-5-2-1-3-6-12)7-4-9-15-10-8-14-11-15/h8,10-13,16H,1-7,9H2. The molecular weight excluding hydrogens is 200 g/mol. The molecule has 0 saturated heterocycles. The maximum atomic E-state index is 10.1. The average molecular weight is 222 g/mol. The number of rotatable bonds is 5. The van der Waals surface area contributed by atoms with E-state index in [0.717, 1.165) is 19.4 Å². The third-order valence-electron chi connectivity index (χ3n) is 3.67. The first-order valence-electron chi connectivity index (χ1n) is 6.50. The number of hydrogen-bond acceptors (Lipinski definition) is 2. The van der Waals surface area contributed by atoms with Crippen LogP contribution in [0.4, 0.5) is 0 Å². The van der Waals surface area contributed by atoms with E-state index < -0.39 is 0 Å². The van der Waals surface area contributed by atoms with Crippen LogP contribution in [0.5, 0.6) is 0 Å². The van der Waals surface area contributed by atoms with E-state index in [1.165, 1.54) is 32.1 Å². The normalized spacial score (nSPS) is 19.8. The predicted octanol–water partition coefficient (Wildman–Crippen LogP) is 2.60. The third kappa shape index (κ3) is 3.34. The zero-order chi connectivity index (χ0) is 11.2. The highest BCUT2D eigenvalue weighted by Gasteiger charge is 2.20. The van der Waals surface area contributed by atoms with E-state index in [1.807, 2.05) is 12.5 Å². The Labute approximate surface area is 97.5 Å². The molecule has 1 atom stereocenters. The van der Waals surface area contributed by atoms with Gasteiger partial charge in [-0.05, 0) is 31.6 Å². The van der Waals surface area contributed by atoms with Gasteiger partial charge in [0.1, 0.15) is 0 Å². The summed E-state index contributed by atoms with van der Waals surface area (Å²) >= 11 is 0. The number of aliphatic hydroxyl groups is 1. The van der Waals surface area contributed by atoms with Gasteiger partial charge in [-0.25, -0.2) is 4.98 Å². The lowest BCUT2D eigenvalue weighted by atomic mass is 9.84. The van der Waals surface area contributed by atoms with Crippen molar-refractivity contribution in [3.8, 4) is 0 Å². The molecule has 0 amide bonds. The van der Waals surface area contributed by atoms with Gasteiger partial charge in [-0.1, -0.05) is 19.3 Å². The van der Waals surface area contributed by atoms with E-state index in [-0.39, 0.29) is 6.10 Å². The molecule has 1 N–H and O–H groups in total. The van der Waals surface area contributed by atoms with Crippen molar-refractivity contribution in [3.63, 3.8) is 0 Å². The number of aliphatic hydroxyl groups excluding tert-OH is 1. The predicted molar refractivity (Wildman–Crippen MR) is 64.0 cm³/mol. The molecule has 1 unspecified atom stereocenters. The van der Waals surface area contributed by atoms with Crippen LogP contribution in [-0.4, -0.2) is 20.8 Å². The zero-order valence-corrected chi connectivity index (χ0v) is 9.89. The Morgan fingerprint density at radius 2 is 2.12 bits per heavy atom. The molecule has 0 radical (unpaired) electrons. The molecular formula is C13H22N2O. The smallest absolute Gasteiger partial charge is 0.0945 e. The van der Waals surface area contributed by atoms with Crippen LogP contribution in [0.3, 0.4) is 0 Å². The topological polar surface area (TPSA) is 38.0 Å². The Hall–Kier alpha value is -0.830. The molecule has 0 aromatic carbocycles. The Morgan fingerprint density at radius 3 is 2.81 bits per heavy atom. The fourth-order valence-electron chi connectivity index (χ4n) is 2.66. The van der Waals surface area contributed by atoms with Crippen LogP contribution in [0, 0.1) is 5.92 Å². The Balaban J connectivity index is 1.65. The van der Waals surface area contributed by atoms with Crippen molar-refractivity contribution < 1.29 is 5.11 Å². The van der Waals surface area contributed by atoms with E-state index >= 15 is 0 Å². The molecule has 3 nitrogen and oxygen atoms in total. The average Bonchev–Trinajstić information content (AvgIpc) is 2.83. The minimum atomic E-state index is -0.0798. The molecule has 1 saturated carbocycles. The van der Waals surface area contributed by atoms with Crippen LogP contribution >= 0.6 is 0 Å². The van der Waals surface area contributed by atoms with Gasteiger partial charge in [0, 0.05) is 18.9 Å². The highest BCUT2D eigenvalue weighted by Crippen LogP contribution is 2.28. The fraction of sp³-hybridized carbons (Fsp3) is 0.769. The largest absolute Gasteiger partial charge is 0.393 e. The summed E-state index contributed by atoms with van der Waals surface area (Å²) in [5.74, 6) is 0.566. The Bertz CT molecular complexity index is 278. The van der Waals surface area contributed by atoms with Gasteiger partial charge >= 0.3 is 0 Å². The monoisotopic (exact) mass is 222 g/mol. The molecule has 0 bridgehead atoms. The van der Waals surface area contributed by atoms with Crippen LogP contribution in [0.25, 0.3) is 0 Å². The first-order chi connectivity index (χ1) is 7.86. The second-order valence-electron chi connectivity index (χ2n) is 4.91. The highest BCUT2D eigenvalue weighted by atomic mass is 16.3. The number of aryl methyl sites for hydroxylation is 1. The van der Waals surface area contributed by atoms with Gasteiger partial charge in [-0.15, -0.1) is 0 Å². The molecule has 1 fully saturated rings. The summed E-state index contributed by atoms with van der Waals surface area (Å²) in [6.45, 7) is 0.976. The number of aromatic nitrogens is 2. The minimum absolute atomic E-state index is 0.0798. The van der Waals surface area contributed by atoms with Gasteiger partial charge in [0.15, 0.2) is 0 Å². The van der Waals surface area contributed by atoms with E-state index in [1.54, 1.807) is 6.20 Å². The van der Waals surface area contributed by atoms with Crippen molar-refractivity contribution in [2.45, 2.75) is 57.6 Å². The number of imidazole rings is 1. The summed E-state index contributed by atoms with van der Waals surface area (Å²) in [5, 5.41) is 10.1. The summed E-state index contributed by atoms with van der Waals surface area (Å²) in [6.07, 6.45) is 14.0. The number of nitrogens with zero attached hydrogens (tertiary/aromatic N) is 2. The molecule has 3 heteroatoms. The fourth-order valence-corrected chi connectivity index (χ4v) is 2.66. The lowest BCUT2D eigenvalue weighted by Gasteiger charge is -2.26. The maximum Gasteiger partial charge on any atom is 0.0945 e. The van der Waals surface area contributed by atoms with Crippen molar-refractivity contribution >= 4 is 0 Å². The summed E-state index contributed by atoms with van der Waals surface area (Å²) in [5.41, 5.74) is 0. The van der Waals surface area contributed by atoms with Gasteiger partial charge in [0.05, 0.1) is 12.4 Å². The molecule has 1 aromatic rings. The molecule has 0 spiro atoms. The van der Waals surface area contributed by atoms with E-state index in [2.05, 4.69) is 9.55 Å². The molecule has 1 aliphatic carbocycles. The van der Waals surface area contributed by atoms with Crippen LogP contribution in [0.2, 0.25) is 0 Å². The molecule has 2 rings (SSSR count). The summed E-state index contributed by atoms with van der Waals surface area (Å²) < 4.78 is 2.08. The van der Waals surface area contributed by atoms with Gasteiger partial charge in [0.25, 0.3) is 0 Å². The van der Waals surface area contributed by atoms with Gasteiger partial charge in [0.2, 0.25) is 0 Å². The van der Waals surface area contributed by atoms with Gasteiger partial charge in [-0.2, -0.15) is 0 Å². The number of hydrogen-bond donors (Lipinski definition) is 1. The summed E-state index contributed by atoms with van der Waals surface area (Å²) in [6, 6.07) is 0.